The summed E-state index contributed by atoms with van der Waals surface area (Å²) in [4.78, 5) is 9.61. The summed E-state index contributed by atoms with van der Waals surface area (Å²) < 4.78 is 0. The van der Waals surface area contributed by atoms with Crippen LogP contribution in [0.3, 0.4) is 0 Å². The van der Waals surface area contributed by atoms with Crippen molar-refractivity contribution in [2.75, 3.05) is 0 Å². The molecule has 0 saturated carbocycles. The molecule has 4 nitrogen and oxygen atoms in total. The van der Waals surface area contributed by atoms with Crippen LogP contribution in [-0.2, 0) is 0 Å². The van der Waals surface area contributed by atoms with Gasteiger partial charge in [-0.3, -0.25) is 10.1 Å². The van der Waals surface area contributed by atoms with Crippen molar-refractivity contribution >= 4 is 0 Å². The molecular weight excluding hydrogens is 131 g/mol. The summed E-state index contributed by atoms with van der Waals surface area (Å²) in [6, 6.07) is -0.148. The zero-order chi connectivity index (χ0) is 6.57. The summed E-state index contributed by atoms with van der Waals surface area (Å²) in [5, 5.41) is 8.96. The quantitative estimate of drug-likeness (QED) is 0.268. The SMILES string of the molecule is CC[C@@H](C)[N-][N+](=O)[O-].[Na+]. The molecule has 0 aliphatic rings. The summed E-state index contributed by atoms with van der Waals surface area (Å²) in [6.45, 7) is 3.57. The Morgan fingerprint density at radius 2 is 2.22 bits per heavy atom. The Morgan fingerprint density at radius 3 is 2.33 bits per heavy atom. The van der Waals surface area contributed by atoms with Crippen molar-refractivity contribution in [3.05, 3.63) is 15.5 Å². The molecule has 0 aromatic carbocycles. The molecule has 0 rings (SSSR count). The molecule has 0 unspecified atom stereocenters. The monoisotopic (exact) mass is 140 g/mol. The normalized spacial score (nSPS) is 11.3. The van der Waals surface area contributed by atoms with Gasteiger partial charge in [0.25, 0.3) is 0 Å². The smallest absolute Gasteiger partial charge is 0.376 e. The molecule has 0 aliphatic carbocycles. The van der Waals surface area contributed by atoms with E-state index in [2.05, 4.69) is 5.43 Å². The third-order valence-corrected chi connectivity index (χ3v) is 0.882. The molecule has 0 radical (unpaired) electrons. The molecule has 0 amide bonds. The summed E-state index contributed by atoms with van der Waals surface area (Å²) in [6.07, 6.45) is 0.723. The first-order chi connectivity index (χ1) is 3.66. The summed E-state index contributed by atoms with van der Waals surface area (Å²) >= 11 is 0. The molecule has 0 N–H and O–H groups in total. The van der Waals surface area contributed by atoms with Crippen molar-refractivity contribution in [3.8, 4) is 0 Å². The maximum absolute atomic E-state index is 9.61. The summed E-state index contributed by atoms with van der Waals surface area (Å²) in [5.41, 5.74) is 3.12. The van der Waals surface area contributed by atoms with Gasteiger partial charge in [0.15, 0.2) is 0 Å². The van der Waals surface area contributed by atoms with Gasteiger partial charge in [0.1, 0.15) is 0 Å². The van der Waals surface area contributed by atoms with Gasteiger partial charge < -0.3 is 5.43 Å². The van der Waals surface area contributed by atoms with Gasteiger partial charge in [0.2, 0.25) is 0 Å². The molecule has 5 heteroatoms. The molecule has 0 saturated heterocycles. The number of nitrogens with zero attached hydrogens (tertiary/aromatic N) is 2. The van der Waals surface area contributed by atoms with Crippen molar-refractivity contribution in [1.29, 1.82) is 0 Å². The van der Waals surface area contributed by atoms with Gasteiger partial charge in [-0.2, -0.15) is 0 Å². The molecule has 0 aromatic heterocycles. The second-order valence-corrected chi connectivity index (χ2v) is 1.61. The zero-order valence-corrected chi connectivity index (χ0v) is 8.00. The second-order valence-electron chi connectivity index (χ2n) is 1.61. The van der Waals surface area contributed by atoms with E-state index in [1.54, 1.807) is 6.92 Å². The minimum absolute atomic E-state index is 0. The fourth-order valence-electron chi connectivity index (χ4n) is 0.243. The number of hydrogen-bond donors (Lipinski definition) is 0. The molecule has 9 heavy (non-hydrogen) atoms. The Balaban J connectivity index is 0. The molecular formula is C4H9N2NaO2. The van der Waals surface area contributed by atoms with E-state index in [1.807, 2.05) is 6.92 Å². The molecule has 0 spiro atoms. The van der Waals surface area contributed by atoms with Gasteiger partial charge in [-0.1, -0.05) is 26.3 Å². The van der Waals surface area contributed by atoms with Crippen molar-refractivity contribution in [2.45, 2.75) is 26.3 Å². The molecule has 48 valence electrons. The Kier molecular flexibility index (Phi) is 8.38. The van der Waals surface area contributed by atoms with E-state index in [1.165, 1.54) is 0 Å². The predicted molar refractivity (Wildman–Crippen MR) is 30.1 cm³/mol. The third-order valence-electron chi connectivity index (χ3n) is 0.882. The van der Waals surface area contributed by atoms with E-state index in [9.17, 15) is 10.1 Å². The van der Waals surface area contributed by atoms with Gasteiger partial charge in [-0.15, -0.1) is 0 Å². The minimum atomic E-state index is -0.645. The van der Waals surface area contributed by atoms with E-state index in [0.717, 1.165) is 6.42 Å². The number of hydrogen-bond acceptors (Lipinski definition) is 2. The Hall–Kier alpha value is 0.200. The van der Waals surface area contributed by atoms with Crippen molar-refractivity contribution < 1.29 is 34.6 Å². The van der Waals surface area contributed by atoms with Gasteiger partial charge in [-0.05, 0) is 5.03 Å². The maximum atomic E-state index is 9.61. The fourth-order valence-corrected chi connectivity index (χ4v) is 0.243. The summed E-state index contributed by atoms with van der Waals surface area (Å²) in [5.74, 6) is 0. The molecule has 0 fully saturated rings. The first kappa shape index (κ1) is 11.9. The zero-order valence-electron chi connectivity index (χ0n) is 6.00. The average molecular weight is 140 g/mol. The van der Waals surface area contributed by atoms with Crippen LogP contribution in [0.5, 0.6) is 0 Å². The molecule has 0 heterocycles. The average Bonchev–Trinajstić information content (AvgIpc) is 1.65. The third kappa shape index (κ3) is 8.20. The van der Waals surface area contributed by atoms with Crippen LogP contribution in [-0.4, -0.2) is 11.1 Å². The topological polar surface area (TPSA) is 57.2 Å². The van der Waals surface area contributed by atoms with Crippen LogP contribution in [0.2, 0.25) is 0 Å². The van der Waals surface area contributed by atoms with E-state index in [0.29, 0.717) is 0 Å². The molecule has 0 bridgehead atoms. The van der Waals surface area contributed by atoms with Crippen LogP contribution < -0.4 is 29.6 Å². The number of rotatable bonds is 3. The van der Waals surface area contributed by atoms with Crippen LogP contribution in [0, 0.1) is 10.1 Å². The Bertz CT molecular complexity index is 88.6. The standard InChI is InChI=1S/C4H9N2O2.Na/c1-3-4(2)5-6(7)8;/h4H,3H2,1-2H3;/q-1;+1/t4-;/m1./s1. The van der Waals surface area contributed by atoms with Gasteiger partial charge in [0, 0.05) is 0 Å². The minimum Gasteiger partial charge on any atom is -0.376 e. The molecule has 1 atom stereocenters. The van der Waals surface area contributed by atoms with E-state index >= 15 is 0 Å². The van der Waals surface area contributed by atoms with Gasteiger partial charge in [-0.25, -0.2) is 0 Å². The van der Waals surface area contributed by atoms with E-state index in [-0.39, 0.29) is 35.6 Å². The van der Waals surface area contributed by atoms with Gasteiger partial charge in [0.05, 0.1) is 0 Å². The first-order valence-corrected chi connectivity index (χ1v) is 2.52. The van der Waals surface area contributed by atoms with E-state index in [4.69, 9.17) is 0 Å². The van der Waals surface area contributed by atoms with Crippen molar-refractivity contribution in [2.24, 2.45) is 0 Å². The maximum Gasteiger partial charge on any atom is 1.00 e. The first-order valence-electron chi connectivity index (χ1n) is 2.52. The van der Waals surface area contributed by atoms with Crippen LogP contribution in [0.1, 0.15) is 20.3 Å². The molecule has 0 aliphatic heterocycles. The van der Waals surface area contributed by atoms with Crippen LogP contribution in [0.4, 0.5) is 0 Å². The Labute approximate surface area is 76.4 Å². The van der Waals surface area contributed by atoms with Crippen molar-refractivity contribution in [3.63, 3.8) is 0 Å². The Morgan fingerprint density at radius 1 is 1.78 bits per heavy atom. The number of nitro groups is 1. The van der Waals surface area contributed by atoms with Crippen LogP contribution in [0.25, 0.3) is 5.43 Å². The predicted octanol–water partition coefficient (Wildman–Crippen LogP) is -1.65. The molecule has 0 aromatic rings. The largest absolute Gasteiger partial charge is 1.00 e. The summed E-state index contributed by atoms with van der Waals surface area (Å²) in [7, 11) is 0. The fraction of sp³-hybridized carbons (Fsp3) is 1.00. The van der Waals surface area contributed by atoms with E-state index < -0.39 is 5.03 Å². The van der Waals surface area contributed by atoms with Crippen molar-refractivity contribution in [1.82, 2.24) is 0 Å². The van der Waals surface area contributed by atoms with Gasteiger partial charge >= 0.3 is 29.6 Å². The van der Waals surface area contributed by atoms with Crippen LogP contribution >= 0.6 is 0 Å². The van der Waals surface area contributed by atoms with Crippen LogP contribution in [0.15, 0.2) is 0 Å². The second kappa shape index (κ2) is 6.32.